The highest BCUT2D eigenvalue weighted by Crippen LogP contribution is 2.30. The highest BCUT2D eigenvalue weighted by Gasteiger charge is 2.07. The summed E-state index contributed by atoms with van der Waals surface area (Å²) in [6.07, 6.45) is 0.826. The summed E-state index contributed by atoms with van der Waals surface area (Å²) in [6.45, 7) is 6.15. The number of aldehydes is 1. The number of carbonyl (C=O) groups is 1. The molecule has 0 aromatic heterocycles. The Morgan fingerprint density at radius 1 is 0.889 bits per heavy atom. The Morgan fingerprint density at radius 2 is 1.50 bits per heavy atom. The van der Waals surface area contributed by atoms with Gasteiger partial charge in [-0.15, -0.1) is 0 Å². The van der Waals surface area contributed by atoms with Crippen molar-refractivity contribution in [3.05, 3.63) is 58.7 Å². The van der Waals surface area contributed by atoms with Gasteiger partial charge < -0.3 is 4.74 Å². The topological polar surface area (TPSA) is 26.3 Å². The summed E-state index contributed by atoms with van der Waals surface area (Å²) in [4.78, 5) is 10.6. The Balaban J connectivity index is 2.33. The molecule has 0 aliphatic heterocycles. The normalized spacial score (nSPS) is 10.2. The van der Waals surface area contributed by atoms with E-state index >= 15 is 0 Å². The highest BCUT2D eigenvalue weighted by molar-refractivity contribution is 5.74. The molecular formula is C16H16O2. The molecule has 0 radical (unpaired) electrons. The minimum atomic E-state index is 0.653. The third kappa shape index (κ3) is 2.43. The summed E-state index contributed by atoms with van der Waals surface area (Å²) in [5, 5.41) is 0. The van der Waals surface area contributed by atoms with Crippen LogP contribution in [0.2, 0.25) is 0 Å². The summed E-state index contributed by atoms with van der Waals surface area (Å²) in [7, 11) is 0. The minimum Gasteiger partial charge on any atom is -0.457 e. The summed E-state index contributed by atoms with van der Waals surface area (Å²) in [5.41, 5.74) is 4.12. The zero-order chi connectivity index (χ0) is 13.1. The summed E-state index contributed by atoms with van der Waals surface area (Å²) in [5.74, 6) is 1.64. The van der Waals surface area contributed by atoms with Gasteiger partial charge in [-0.1, -0.05) is 12.1 Å². The lowest BCUT2D eigenvalue weighted by molar-refractivity contribution is 0.112. The third-order valence-corrected chi connectivity index (χ3v) is 3.11. The van der Waals surface area contributed by atoms with Crippen molar-refractivity contribution in [1.82, 2.24) is 0 Å². The second-order valence-corrected chi connectivity index (χ2v) is 4.44. The number of ether oxygens (including phenoxy) is 1. The van der Waals surface area contributed by atoms with Crippen molar-refractivity contribution >= 4 is 6.29 Å². The first-order chi connectivity index (χ1) is 8.61. The van der Waals surface area contributed by atoms with Crippen molar-refractivity contribution in [3.63, 3.8) is 0 Å². The molecule has 0 saturated heterocycles. The average Bonchev–Trinajstić information content (AvgIpc) is 2.40. The lowest BCUT2D eigenvalue weighted by atomic mass is 10.1. The first kappa shape index (κ1) is 12.4. The molecule has 0 unspecified atom stereocenters. The van der Waals surface area contributed by atoms with Crippen molar-refractivity contribution < 1.29 is 9.53 Å². The van der Waals surface area contributed by atoms with Gasteiger partial charge in [-0.25, -0.2) is 0 Å². The molecule has 0 bridgehead atoms. The van der Waals surface area contributed by atoms with Crippen molar-refractivity contribution in [3.8, 4) is 11.5 Å². The predicted molar refractivity (Wildman–Crippen MR) is 72.6 cm³/mol. The van der Waals surface area contributed by atoms with E-state index in [9.17, 15) is 4.79 Å². The van der Waals surface area contributed by atoms with Crippen molar-refractivity contribution in [2.24, 2.45) is 0 Å². The van der Waals surface area contributed by atoms with Gasteiger partial charge in [0.1, 0.15) is 17.8 Å². The van der Waals surface area contributed by atoms with Crippen LogP contribution in [0.3, 0.4) is 0 Å². The molecule has 92 valence electrons. The fraction of sp³-hybridized carbons (Fsp3) is 0.188. The standard InChI is InChI=1S/C16H16O2/c1-11-4-5-12(2)16(13(11)3)18-15-8-6-14(10-17)7-9-15/h4-10H,1-3H3. The number of aryl methyl sites for hydroxylation is 2. The monoisotopic (exact) mass is 240 g/mol. The highest BCUT2D eigenvalue weighted by atomic mass is 16.5. The molecule has 0 fully saturated rings. The van der Waals surface area contributed by atoms with Gasteiger partial charge in [-0.2, -0.15) is 0 Å². The van der Waals surface area contributed by atoms with Crippen LogP contribution in [0.5, 0.6) is 11.5 Å². The third-order valence-electron chi connectivity index (χ3n) is 3.11. The molecule has 2 aromatic carbocycles. The van der Waals surface area contributed by atoms with E-state index in [1.54, 1.807) is 12.1 Å². The van der Waals surface area contributed by atoms with Crippen molar-refractivity contribution in [1.29, 1.82) is 0 Å². The Hall–Kier alpha value is -2.09. The van der Waals surface area contributed by atoms with Crippen LogP contribution >= 0.6 is 0 Å². The average molecular weight is 240 g/mol. The largest absolute Gasteiger partial charge is 0.457 e. The SMILES string of the molecule is Cc1ccc(C)c(Oc2ccc(C=O)cc2)c1C. The van der Waals surface area contributed by atoms with Gasteiger partial charge >= 0.3 is 0 Å². The van der Waals surface area contributed by atoms with E-state index in [4.69, 9.17) is 4.74 Å². The smallest absolute Gasteiger partial charge is 0.150 e. The van der Waals surface area contributed by atoms with E-state index in [0.717, 1.165) is 28.9 Å². The lowest BCUT2D eigenvalue weighted by Gasteiger charge is -2.13. The van der Waals surface area contributed by atoms with Gasteiger partial charge in [0.25, 0.3) is 0 Å². The van der Waals surface area contributed by atoms with E-state index in [2.05, 4.69) is 26.0 Å². The van der Waals surface area contributed by atoms with Gasteiger partial charge in [-0.05, 0) is 61.7 Å². The maximum absolute atomic E-state index is 10.6. The number of rotatable bonds is 3. The van der Waals surface area contributed by atoms with Crippen LogP contribution in [0, 0.1) is 20.8 Å². The summed E-state index contributed by atoms with van der Waals surface area (Å²) >= 11 is 0. The number of hydrogen-bond acceptors (Lipinski definition) is 2. The van der Waals surface area contributed by atoms with Crippen LogP contribution in [0.1, 0.15) is 27.0 Å². The molecule has 2 heteroatoms. The number of hydrogen-bond donors (Lipinski definition) is 0. The van der Waals surface area contributed by atoms with Crippen LogP contribution in [0.25, 0.3) is 0 Å². The van der Waals surface area contributed by atoms with E-state index in [1.807, 2.05) is 19.1 Å². The van der Waals surface area contributed by atoms with Crippen molar-refractivity contribution in [2.75, 3.05) is 0 Å². The second-order valence-electron chi connectivity index (χ2n) is 4.44. The quantitative estimate of drug-likeness (QED) is 0.751. The molecular weight excluding hydrogens is 224 g/mol. The molecule has 18 heavy (non-hydrogen) atoms. The molecule has 0 heterocycles. The molecule has 0 saturated carbocycles. The molecule has 0 spiro atoms. The summed E-state index contributed by atoms with van der Waals surface area (Å²) < 4.78 is 5.90. The van der Waals surface area contributed by atoms with Gasteiger partial charge in [0.05, 0.1) is 0 Å². The van der Waals surface area contributed by atoms with Gasteiger partial charge in [0.2, 0.25) is 0 Å². The zero-order valence-electron chi connectivity index (χ0n) is 10.9. The second kappa shape index (κ2) is 5.05. The molecule has 2 rings (SSSR count). The summed E-state index contributed by atoms with van der Waals surface area (Å²) in [6, 6.07) is 11.3. The van der Waals surface area contributed by atoms with Crippen LogP contribution in [-0.2, 0) is 0 Å². The Morgan fingerprint density at radius 3 is 2.11 bits per heavy atom. The number of benzene rings is 2. The predicted octanol–water partition coefficient (Wildman–Crippen LogP) is 4.22. The van der Waals surface area contributed by atoms with Gasteiger partial charge in [0, 0.05) is 5.56 Å². The number of carbonyl (C=O) groups excluding carboxylic acids is 1. The molecule has 0 amide bonds. The Kier molecular flexibility index (Phi) is 3.47. The lowest BCUT2D eigenvalue weighted by Crippen LogP contribution is -1.93. The van der Waals surface area contributed by atoms with Crippen LogP contribution in [0.4, 0.5) is 0 Å². The van der Waals surface area contributed by atoms with E-state index < -0.39 is 0 Å². The maximum atomic E-state index is 10.6. The first-order valence-corrected chi connectivity index (χ1v) is 5.91. The fourth-order valence-electron chi connectivity index (χ4n) is 1.81. The molecule has 0 aliphatic rings. The molecule has 0 atom stereocenters. The van der Waals surface area contributed by atoms with Crippen LogP contribution < -0.4 is 4.74 Å². The fourth-order valence-corrected chi connectivity index (χ4v) is 1.81. The van der Waals surface area contributed by atoms with E-state index in [0.29, 0.717) is 5.56 Å². The Bertz CT molecular complexity index is 568. The van der Waals surface area contributed by atoms with Crippen LogP contribution in [0.15, 0.2) is 36.4 Å². The molecule has 2 aromatic rings. The molecule has 0 aliphatic carbocycles. The van der Waals surface area contributed by atoms with E-state index in [-0.39, 0.29) is 0 Å². The van der Waals surface area contributed by atoms with Gasteiger partial charge in [0.15, 0.2) is 0 Å². The maximum Gasteiger partial charge on any atom is 0.150 e. The molecule has 0 N–H and O–H groups in total. The minimum absolute atomic E-state index is 0.653. The van der Waals surface area contributed by atoms with Crippen molar-refractivity contribution in [2.45, 2.75) is 20.8 Å². The first-order valence-electron chi connectivity index (χ1n) is 5.91. The Labute approximate surface area is 107 Å². The van der Waals surface area contributed by atoms with Crippen LogP contribution in [-0.4, -0.2) is 6.29 Å². The van der Waals surface area contributed by atoms with E-state index in [1.165, 1.54) is 5.56 Å². The zero-order valence-corrected chi connectivity index (χ0v) is 10.9. The molecule has 2 nitrogen and oxygen atoms in total. The van der Waals surface area contributed by atoms with Gasteiger partial charge in [-0.3, -0.25) is 4.79 Å².